The number of fused-ring (bicyclic) bond motifs is 4. The monoisotopic (exact) mass is 647 g/mol. The lowest BCUT2D eigenvalue weighted by molar-refractivity contribution is 0.528. The van der Waals surface area contributed by atoms with E-state index >= 15 is 0 Å². The van der Waals surface area contributed by atoms with Crippen molar-refractivity contribution in [3.05, 3.63) is 99.3 Å². The molecule has 0 fully saturated rings. The largest absolute Gasteiger partial charge is 0.347 e. The van der Waals surface area contributed by atoms with E-state index in [1.807, 2.05) is 36.4 Å². The van der Waals surface area contributed by atoms with Gasteiger partial charge in [0, 0.05) is 45.4 Å². The van der Waals surface area contributed by atoms with Crippen LogP contribution in [0.1, 0.15) is 19.3 Å². The fourth-order valence-corrected chi connectivity index (χ4v) is 8.61. The molecule has 4 heterocycles. The van der Waals surface area contributed by atoms with Crippen molar-refractivity contribution < 1.29 is 0 Å². The maximum absolute atomic E-state index is 13.5. The summed E-state index contributed by atoms with van der Waals surface area (Å²) < 4.78 is 6.27. The molecule has 9 nitrogen and oxygen atoms in total. The first-order chi connectivity index (χ1) is 22.3. The minimum Gasteiger partial charge on any atom is -0.347 e. The van der Waals surface area contributed by atoms with Gasteiger partial charge in [-0.3, -0.25) is 28.3 Å². The van der Waals surface area contributed by atoms with Gasteiger partial charge in [-0.05, 0) is 56.6 Å². The molecule has 230 valence electrons. The van der Waals surface area contributed by atoms with Gasteiger partial charge in [-0.2, -0.15) is 0 Å². The molecule has 0 unspecified atom stereocenters. The Kier molecular flexibility index (Phi) is 6.78. The number of hydrogen-bond acceptors (Lipinski definition) is 7. The van der Waals surface area contributed by atoms with Gasteiger partial charge in [0.2, 0.25) is 0 Å². The standard InChI is InChI=1S/C35H29N5O4S2/c1-18-37-26-16-24-28-20(30(26)45-18)8-5-10-22(28)32(41)39(34(24)43)14-4-3-12-36-13-7-15-40-33(42)23-11-6-9-21-29(23)25(35(40)44)17-27-31(21)46-19(2)38-27/h5-6,8-11,16-17,36-38H,1-4,7,12-15H2. The van der Waals surface area contributed by atoms with Crippen LogP contribution >= 0.6 is 22.7 Å². The zero-order valence-electron chi connectivity index (χ0n) is 24.8. The third-order valence-corrected chi connectivity index (χ3v) is 10.8. The molecule has 0 saturated carbocycles. The molecule has 0 aliphatic heterocycles. The number of nitrogens with one attached hydrogen (secondary N) is 3. The lowest BCUT2D eigenvalue weighted by Gasteiger charge is -2.12. The van der Waals surface area contributed by atoms with Crippen LogP contribution in [0.15, 0.2) is 67.7 Å². The van der Waals surface area contributed by atoms with Crippen LogP contribution in [-0.4, -0.2) is 32.2 Å². The molecule has 0 bridgehead atoms. The number of rotatable bonds is 9. The Labute approximate surface area is 267 Å². The number of aromatic nitrogens is 4. The maximum Gasteiger partial charge on any atom is 0.261 e. The van der Waals surface area contributed by atoms with Crippen molar-refractivity contribution in [1.82, 2.24) is 24.4 Å². The van der Waals surface area contributed by atoms with E-state index in [1.54, 1.807) is 12.1 Å². The molecule has 8 rings (SSSR count). The van der Waals surface area contributed by atoms with Crippen LogP contribution in [0.5, 0.6) is 0 Å². The minimum absolute atomic E-state index is 0.261. The van der Waals surface area contributed by atoms with Crippen molar-refractivity contribution in [3.8, 4) is 0 Å². The lowest BCUT2D eigenvalue weighted by Crippen LogP contribution is -2.34. The second-order valence-corrected chi connectivity index (χ2v) is 13.9. The van der Waals surface area contributed by atoms with E-state index in [2.05, 4.69) is 28.4 Å². The number of pyridine rings is 2. The molecule has 0 spiro atoms. The average Bonchev–Trinajstić information content (AvgIpc) is 3.63. The van der Waals surface area contributed by atoms with Crippen LogP contribution in [0.2, 0.25) is 0 Å². The molecule has 0 aliphatic rings. The Morgan fingerprint density at radius 2 is 1.02 bits per heavy atom. The van der Waals surface area contributed by atoms with Gasteiger partial charge in [0.25, 0.3) is 22.2 Å². The van der Waals surface area contributed by atoms with Crippen molar-refractivity contribution in [3.63, 3.8) is 0 Å². The third-order valence-electron chi connectivity index (χ3n) is 8.84. The molecule has 8 aromatic rings. The van der Waals surface area contributed by atoms with Gasteiger partial charge in [-0.1, -0.05) is 37.4 Å². The molecule has 0 saturated heterocycles. The maximum atomic E-state index is 13.5. The van der Waals surface area contributed by atoms with Gasteiger partial charge in [-0.15, -0.1) is 22.7 Å². The van der Waals surface area contributed by atoms with Crippen LogP contribution in [0.4, 0.5) is 0 Å². The van der Waals surface area contributed by atoms with E-state index in [9.17, 15) is 19.2 Å². The summed E-state index contributed by atoms with van der Waals surface area (Å²) in [6, 6.07) is 14.9. The predicted molar refractivity (Wildman–Crippen MR) is 192 cm³/mol. The number of benzene rings is 4. The van der Waals surface area contributed by atoms with E-state index in [4.69, 9.17) is 0 Å². The lowest BCUT2D eigenvalue weighted by atomic mass is 10.0. The number of H-pyrrole nitrogens is 2. The van der Waals surface area contributed by atoms with Crippen molar-refractivity contribution in [1.29, 1.82) is 0 Å². The van der Waals surface area contributed by atoms with E-state index in [-0.39, 0.29) is 22.2 Å². The van der Waals surface area contributed by atoms with Crippen LogP contribution in [-0.2, 0) is 13.1 Å². The number of unbranched alkanes of at least 4 members (excludes halogenated alkanes) is 1. The SMILES string of the molecule is C=c1[nH]c2cc3c(=O)n(CCCCNCCCn4c(=O)c5cccc6c7sc(=C)[nH]c7cc(c4=O)c56)c(=O)c4cccc(c2s1)c43. The zero-order chi connectivity index (χ0) is 31.7. The molecule has 0 radical (unpaired) electrons. The highest BCUT2D eigenvalue weighted by Gasteiger charge is 2.18. The van der Waals surface area contributed by atoms with Crippen LogP contribution < -0.4 is 36.9 Å². The van der Waals surface area contributed by atoms with Gasteiger partial charge in [0.1, 0.15) is 0 Å². The van der Waals surface area contributed by atoms with E-state index < -0.39 is 0 Å². The summed E-state index contributed by atoms with van der Waals surface area (Å²) in [5, 5.41) is 8.77. The Hall–Kier alpha value is -4.84. The number of nitrogens with zero attached hydrogens (tertiary/aromatic N) is 2. The topological polar surface area (TPSA) is 122 Å². The molecular weight excluding hydrogens is 619 g/mol. The molecule has 0 aliphatic carbocycles. The number of hydrogen-bond donors (Lipinski definition) is 3. The Morgan fingerprint density at radius 3 is 1.54 bits per heavy atom. The highest BCUT2D eigenvalue weighted by Crippen LogP contribution is 2.32. The van der Waals surface area contributed by atoms with Crippen molar-refractivity contribution in [2.45, 2.75) is 32.4 Å². The summed E-state index contributed by atoms with van der Waals surface area (Å²) in [5.74, 6) is 0. The van der Waals surface area contributed by atoms with Crippen molar-refractivity contribution >= 4 is 99.4 Å². The summed E-state index contributed by atoms with van der Waals surface area (Å²) in [5.41, 5.74) is 0.615. The third kappa shape index (κ3) is 4.38. The fraction of sp³-hybridized carbons (Fsp3) is 0.200. The zero-order valence-corrected chi connectivity index (χ0v) is 26.5. The molecule has 4 aromatic carbocycles. The second kappa shape index (κ2) is 10.9. The Morgan fingerprint density at radius 1 is 0.587 bits per heavy atom. The summed E-state index contributed by atoms with van der Waals surface area (Å²) in [4.78, 5) is 60.2. The summed E-state index contributed by atoms with van der Waals surface area (Å²) >= 11 is 3.04. The first-order valence-electron chi connectivity index (χ1n) is 15.2. The highest BCUT2D eigenvalue weighted by atomic mass is 32.1. The van der Waals surface area contributed by atoms with Crippen LogP contribution in [0.25, 0.3) is 76.7 Å². The van der Waals surface area contributed by atoms with Crippen LogP contribution in [0.3, 0.4) is 0 Å². The molecule has 0 amide bonds. The fourth-order valence-electron chi connectivity index (χ4n) is 6.79. The van der Waals surface area contributed by atoms with Gasteiger partial charge < -0.3 is 15.3 Å². The highest BCUT2D eigenvalue weighted by molar-refractivity contribution is 7.18. The minimum atomic E-state index is -0.279. The predicted octanol–water partition coefficient (Wildman–Crippen LogP) is 4.15. The van der Waals surface area contributed by atoms with Crippen LogP contribution in [0, 0.1) is 0 Å². The normalized spacial score (nSPS) is 12.3. The van der Waals surface area contributed by atoms with Gasteiger partial charge in [0.05, 0.1) is 40.5 Å². The summed E-state index contributed by atoms with van der Waals surface area (Å²) in [7, 11) is 0. The average molecular weight is 648 g/mol. The summed E-state index contributed by atoms with van der Waals surface area (Å²) in [6.45, 7) is 9.93. The van der Waals surface area contributed by atoms with E-state index in [0.29, 0.717) is 66.0 Å². The second-order valence-electron chi connectivity index (χ2n) is 11.7. The first-order valence-corrected chi connectivity index (χ1v) is 16.8. The number of thiazole rings is 2. The van der Waals surface area contributed by atoms with E-state index in [0.717, 1.165) is 52.3 Å². The first kappa shape index (κ1) is 28.6. The summed E-state index contributed by atoms with van der Waals surface area (Å²) in [6.07, 6.45) is 2.01. The molecule has 3 N–H and O–H groups in total. The van der Waals surface area contributed by atoms with Gasteiger partial charge in [-0.25, -0.2) is 0 Å². The molecule has 4 aromatic heterocycles. The molecule has 46 heavy (non-hydrogen) atoms. The Balaban J connectivity index is 0.940. The molecule has 11 heteroatoms. The van der Waals surface area contributed by atoms with Gasteiger partial charge >= 0.3 is 0 Å². The van der Waals surface area contributed by atoms with Crippen molar-refractivity contribution in [2.75, 3.05) is 13.1 Å². The number of aromatic amines is 2. The van der Waals surface area contributed by atoms with Gasteiger partial charge in [0.15, 0.2) is 0 Å². The molecular formula is C35H29N5O4S2. The smallest absolute Gasteiger partial charge is 0.261 e. The Bertz CT molecular complexity index is 2660. The van der Waals surface area contributed by atoms with E-state index in [1.165, 1.54) is 31.8 Å². The quantitative estimate of drug-likeness (QED) is 0.203. The van der Waals surface area contributed by atoms with Crippen molar-refractivity contribution in [2.24, 2.45) is 0 Å². The molecule has 0 atom stereocenters.